The lowest BCUT2D eigenvalue weighted by molar-refractivity contribution is -0.129. The molecule has 1 atom stereocenters. The zero-order chi connectivity index (χ0) is 19.9. The van der Waals surface area contributed by atoms with E-state index in [-0.39, 0.29) is 18.9 Å². The second kappa shape index (κ2) is 6.83. The highest BCUT2D eigenvalue weighted by atomic mass is 16.3. The predicted octanol–water partition coefficient (Wildman–Crippen LogP) is 1.02. The molecule has 0 saturated heterocycles. The van der Waals surface area contributed by atoms with E-state index in [2.05, 4.69) is 20.6 Å². The van der Waals surface area contributed by atoms with Crippen LogP contribution >= 0.6 is 0 Å². The first kappa shape index (κ1) is 18.3. The molecule has 28 heavy (non-hydrogen) atoms. The number of amides is 2. The van der Waals surface area contributed by atoms with E-state index in [1.54, 1.807) is 38.1 Å². The average Bonchev–Trinajstić information content (AvgIpc) is 3.38. The molecule has 9 nitrogen and oxygen atoms in total. The normalized spacial score (nSPS) is 21.0. The summed E-state index contributed by atoms with van der Waals surface area (Å²) < 4.78 is 2.03. The van der Waals surface area contributed by atoms with Crippen molar-refractivity contribution in [2.24, 2.45) is 5.10 Å². The summed E-state index contributed by atoms with van der Waals surface area (Å²) in [5.74, 6) is 0.898. The summed E-state index contributed by atoms with van der Waals surface area (Å²) in [7, 11) is 0. The third-order valence-electron chi connectivity index (χ3n) is 5.35. The van der Waals surface area contributed by atoms with Gasteiger partial charge in [-0.05, 0) is 38.0 Å². The molecule has 9 heteroatoms. The van der Waals surface area contributed by atoms with Gasteiger partial charge in [-0.15, -0.1) is 10.2 Å². The molecule has 2 aliphatic heterocycles. The molecule has 2 N–H and O–H groups in total. The Hall–Kier alpha value is -3.07. The largest absolute Gasteiger partial charge is 0.374 e. The summed E-state index contributed by atoms with van der Waals surface area (Å²) in [6.45, 7) is 4.50. The first-order valence-electron chi connectivity index (χ1n) is 9.36. The highest BCUT2D eigenvalue weighted by molar-refractivity contribution is 6.21. The van der Waals surface area contributed by atoms with Gasteiger partial charge < -0.3 is 15.0 Å². The molecule has 146 valence electrons. The third kappa shape index (κ3) is 2.88. The lowest BCUT2D eigenvalue weighted by Crippen LogP contribution is -2.45. The van der Waals surface area contributed by atoms with Crippen molar-refractivity contribution >= 4 is 23.2 Å². The molecule has 1 aromatic heterocycles. The van der Waals surface area contributed by atoms with Crippen molar-refractivity contribution in [1.29, 1.82) is 0 Å². The number of benzene rings is 1. The van der Waals surface area contributed by atoms with Gasteiger partial charge in [0.2, 0.25) is 0 Å². The van der Waals surface area contributed by atoms with Gasteiger partial charge in [-0.1, -0.05) is 13.0 Å². The lowest BCUT2D eigenvalue weighted by atomic mass is 9.95. The van der Waals surface area contributed by atoms with Gasteiger partial charge in [0, 0.05) is 18.5 Å². The minimum Gasteiger partial charge on any atom is -0.374 e. The van der Waals surface area contributed by atoms with Crippen LogP contribution in [0, 0.1) is 0 Å². The third-order valence-corrected chi connectivity index (χ3v) is 5.35. The van der Waals surface area contributed by atoms with Crippen LogP contribution in [0.25, 0.3) is 0 Å². The number of aromatic nitrogens is 3. The van der Waals surface area contributed by atoms with Gasteiger partial charge in [-0.2, -0.15) is 10.1 Å². The van der Waals surface area contributed by atoms with E-state index in [0.717, 1.165) is 36.0 Å². The van der Waals surface area contributed by atoms with Gasteiger partial charge in [-0.3, -0.25) is 9.59 Å². The average molecular weight is 382 g/mol. The maximum atomic E-state index is 12.6. The highest BCUT2D eigenvalue weighted by Gasteiger charge is 2.46. The van der Waals surface area contributed by atoms with Gasteiger partial charge >= 0.3 is 0 Å². The van der Waals surface area contributed by atoms with Gasteiger partial charge in [0.05, 0.1) is 17.9 Å². The van der Waals surface area contributed by atoms with Crippen molar-refractivity contribution in [3.05, 3.63) is 41.5 Å². The lowest BCUT2D eigenvalue weighted by Gasteiger charge is -2.20. The van der Waals surface area contributed by atoms with Gasteiger partial charge in [0.25, 0.3) is 11.8 Å². The maximum Gasteiger partial charge on any atom is 0.285 e. The van der Waals surface area contributed by atoms with Crippen molar-refractivity contribution in [3.63, 3.8) is 0 Å². The smallest absolute Gasteiger partial charge is 0.285 e. The van der Waals surface area contributed by atoms with E-state index in [9.17, 15) is 14.7 Å². The van der Waals surface area contributed by atoms with Crippen LogP contribution in [0.5, 0.6) is 0 Å². The second-order valence-electron chi connectivity index (χ2n) is 7.04. The summed E-state index contributed by atoms with van der Waals surface area (Å²) in [4.78, 5) is 25.2. The zero-order valence-electron chi connectivity index (χ0n) is 15.8. The Morgan fingerprint density at radius 2 is 2.18 bits per heavy atom. The van der Waals surface area contributed by atoms with Gasteiger partial charge in [-0.25, -0.2) is 0 Å². The molecule has 2 amide bonds. The molecule has 0 bridgehead atoms. The summed E-state index contributed by atoms with van der Waals surface area (Å²) in [6.07, 6.45) is 2.19. The molecule has 3 heterocycles. The van der Waals surface area contributed by atoms with Crippen LogP contribution < -0.4 is 10.3 Å². The molecule has 0 spiro atoms. The molecule has 0 fully saturated rings. The highest BCUT2D eigenvalue weighted by Crippen LogP contribution is 2.29. The van der Waals surface area contributed by atoms with Crippen molar-refractivity contribution in [2.45, 2.75) is 51.8 Å². The van der Waals surface area contributed by atoms with E-state index in [1.165, 1.54) is 0 Å². The van der Waals surface area contributed by atoms with E-state index >= 15 is 0 Å². The number of fused-ring (bicyclic) bond motifs is 1. The number of carbonyl (C=O) groups excluding carboxylic acids is 2. The molecule has 1 aromatic carbocycles. The number of aliphatic hydroxyl groups is 1. The van der Waals surface area contributed by atoms with Gasteiger partial charge in [0.15, 0.2) is 11.4 Å². The summed E-state index contributed by atoms with van der Waals surface area (Å²) in [5.41, 5.74) is -0.418. The topological polar surface area (TPSA) is 113 Å². The molecule has 4 rings (SSSR count). The number of aryl methyl sites for hydroxylation is 1. The molecule has 1 unspecified atom stereocenters. The number of hydrogen-bond acceptors (Lipinski definition) is 6. The van der Waals surface area contributed by atoms with Crippen LogP contribution in [0.2, 0.25) is 0 Å². The van der Waals surface area contributed by atoms with Crippen LogP contribution in [0.4, 0.5) is 5.69 Å². The first-order valence-corrected chi connectivity index (χ1v) is 9.36. The molecule has 0 aliphatic carbocycles. The Morgan fingerprint density at radius 3 is 2.93 bits per heavy atom. The minimum absolute atomic E-state index is 0.237. The Morgan fingerprint density at radius 1 is 1.36 bits per heavy atom. The fraction of sp³-hybridized carbons (Fsp3) is 0.421. The minimum atomic E-state index is -1.59. The monoisotopic (exact) mass is 382 g/mol. The number of hydrogen-bond donors (Lipinski definition) is 2. The number of nitrogens with zero attached hydrogens (tertiary/aromatic N) is 5. The van der Waals surface area contributed by atoms with Crippen LogP contribution in [0.1, 0.15) is 48.7 Å². The summed E-state index contributed by atoms with van der Waals surface area (Å²) >= 11 is 0. The van der Waals surface area contributed by atoms with Crippen molar-refractivity contribution in [2.75, 3.05) is 5.01 Å². The van der Waals surface area contributed by atoms with Crippen LogP contribution in [0.15, 0.2) is 29.4 Å². The molecule has 2 aromatic rings. The Labute approximate surface area is 162 Å². The van der Waals surface area contributed by atoms with E-state index in [0.29, 0.717) is 17.0 Å². The number of carbonyl (C=O) groups is 2. The molecule has 0 saturated carbocycles. The number of anilines is 1. The molecular formula is C19H22N6O3. The maximum absolute atomic E-state index is 12.6. The van der Waals surface area contributed by atoms with Crippen molar-refractivity contribution in [3.8, 4) is 0 Å². The summed E-state index contributed by atoms with van der Waals surface area (Å²) in [5, 5.41) is 26.9. The fourth-order valence-electron chi connectivity index (χ4n) is 3.57. The quantitative estimate of drug-likeness (QED) is 0.802. The van der Waals surface area contributed by atoms with Crippen molar-refractivity contribution in [1.82, 2.24) is 20.1 Å². The standard InChI is InChI=1S/C19H22N6O3/c1-3-19(28)12(2)23-25(18(19)27)14-7-4-6-13(10-14)17(26)20-11-16-22-21-15-8-5-9-24(15)16/h4,6-7,10,28H,3,5,8-9,11H2,1-2H3,(H,20,26). The van der Waals surface area contributed by atoms with E-state index in [4.69, 9.17) is 0 Å². The summed E-state index contributed by atoms with van der Waals surface area (Å²) in [6, 6.07) is 6.61. The Kier molecular flexibility index (Phi) is 4.46. The number of rotatable bonds is 5. The number of hydrazone groups is 1. The van der Waals surface area contributed by atoms with Crippen LogP contribution in [0.3, 0.4) is 0 Å². The van der Waals surface area contributed by atoms with E-state index < -0.39 is 11.5 Å². The molecule has 2 aliphatic rings. The van der Waals surface area contributed by atoms with Crippen LogP contribution in [-0.2, 0) is 24.3 Å². The fourth-order valence-corrected chi connectivity index (χ4v) is 3.57. The SMILES string of the molecule is CCC1(O)C(=O)N(c2cccc(C(=O)NCc3nnc4n3CCC4)c2)N=C1C. The predicted molar refractivity (Wildman–Crippen MR) is 102 cm³/mol. The second-order valence-corrected chi connectivity index (χ2v) is 7.04. The van der Waals surface area contributed by atoms with E-state index in [1.807, 2.05) is 4.57 Å². The van der Waals surface area contributed by atoms with Crippen molar-refractivity contribution < 1.29 is 14.7 Å². The Balaban J connectivity index is 1.49. The molecule has 0 radical (unpaired) electrons. The zero-order valence-corrected chi connectivity index (χ0v) is 15.8. The molecular weight excluding hydrogens is 360 g/mol. The van der Waals surface area contributed by atoms with Gasteiger partial charge in [0.1, 0.15) is 5.82 Å². The Bertz CT molecular complexity index is 982. The number of nitrogens with one attached hydrogen (secondary N) is 1. The first-order chi connectivity index (χ1) is 13.4. The van der Waals surface area contributed by atoms with Crippen LogP contribution in [-0.4, -0.2) is 43.0 Å².